The van der Waals surface area contributed by atoms with Crippen molar-refractivity contribution in [3.05, 3.63) is 23.8 Å². The van der Waals surface area contributed by atoms with Crippen LogP contribution in [0.3, 0.4) is 0 Å². The molecule has 0 amide bonds. The Morgan fingerprint density at radius 2 is 1.74 bits per heavy atom. The highest BCUT2D eigenvalue weighted by Gasteiger charge is 2.40. The van der Waals surface area contributed by atoms with E-state index in [1.54, 1.807) is 0 Å². The highest BCUT2D eigenvalue weighted by molar-refractivity contribution is 5.75. The molecule has 1 aromatic carbocycles. The Bertz CT molecular complexity index is 584. The first-order valence-corrected chi connectivity index (χ1v) is 7.87. The second-order valence-corrected chi connectivity index (χ2v) is 8.02. The highest BCUT2D eigenvalue weighted by atomic mass is 16.7. The van der Waals surface area contributed by atoms with E-state index in [1.807, 2.05) is 59.7 Å². The third kappa shape index (κ3) is 4.16. The molecule has 1 aromatic rings. The van der Waals surface area contributed by atoms with Gasteiger partial charge in [0, 0.05) is 6.04 Å². The van der Waals surface area contributed by atoms with Crippen molar-refractivity contribution < 1.29 is 19.0 Å². The molecular weight excluding hydrogens is 294 g/mol. The Morgan fingerprint density at radius 1 is 1.13 bits per heavy atom. The summed E-state index contributed by atoms with van der Waals surface area (Å²) in [7, 11) is 0. The van der Waals surface area contributed by atoms with E-state index >= 15 is 0 Å². The molecule has 5 nitrogen and oxygen atoms in total. The van der Waals surface area contributed by atoms with E-state index < -0.39 is 17.6 Å². The molecule has 2 rings (SSSR count). The number of esters is 1. The van der Waals surface area contributed by atoms with E-state index in [1.165, 1.54) is 0 Å². The van der Waals surface area contributed by atoms with Crippen LogP contribution in [0.5, 0.6) is 11.5 Å². The molecule has 5 heteroatoms. The summed E-state index contributed by atoms with van der Waals surface area (Å²) in [5.74, 6) is 0.609. The Morgan fingerprint density at radius 3 is 2.30 bits per heavy atom. The number of carbonyl (C=O) groups is 1. The summed E-state index contributed by atoms with van der Waals surface area (Å²) in [5, 5.41) is 0. The number of nitrogens with two attached hydrogens (primary N) is 1. The average Bonchev–Trinajstić information content (AvgIpc) is 2.81. The molecule has 0 aromatic heterocycles. The number of carbonyl (C=O) groups excluding carboxylic acids is 1. The van der Waals surface area contributed by atoms with E-state index in [4.69, 9.17) is 19.9 Å². The van der Waals surface area contributed by atoms with E-state index in [0.29, 0.717) is 11.5 Å². The fourth-order valence-electron chi connectivity index (χ4n) is 2.72. The van der Waals surface area contributed by atoms with Gasteiger partial charge in [-0.2, -0.15) is 0 Å². The fourth-order valence-corrected chi connectivity index (χ4v) is 2.72. The Kier molecular flexibility index (Phi) is 4.62. The van der Waals surface area contributed by atoms with Gasteiger partial charge in [0.2, 0.25) is 6.79 Å². The van der Waals surface area contributed by atoms with E-state index in [0.717, 1.165) is 5.56 Å². The topological polar surface area (TPSA) is 70.8 Å². The van der Waals surface area contributed by atoms with Crippen molar-refractivity contribution in [2.45, 2.75) is 53.2 Å². The first-order chi connectivity index (χ1) is 10.5. The molecule has 2 atom stereocenters. The van der Waals surface area contributed by atoms with Crippen molar-refractivity contribution >= 4 is 5.97 Å². The van der Waals surface area contributed by atoms with Crippen LogP contribution in [0.15, 0.2) is 18.2 Å². The predicted molar refractivity (Wildman–Crippen MR) is 88.3 cm³/mol. The molecular formula is C18H27NO4. The molecule has 0 saturated heterocycles. The molecule has 1 unspecified atom stereocenters. The van der Waals surface area contributed by atoms with Crippen molar-refractivity contribution in [2.24, 2.45) is 17.1 Å². The number of hydrogen-bond donors (Lipinski definition) is 1. The highest BCUT2D eigenvalue weighted by Crippen LogP contribution is 2.40. The van der Waals surface area contributed by atoms with E-state index in [2.05, 4.69) is 0 Å². The van der Waals surface area contributed by atoms with Gasteiger partial charge in [0.15, 0.2) is 11.5 Å². The fraction of sp³-hybridized carbons (Fsp3) is 0.611. The first-order valence-electron chi connectivity index (χ1n) is 7.87. The molecule has 0 aliphatic carbocycles. The maximum Gasteiger partial charge on any atom is 0.311 e. The third-order valence-corrected chi connectivity index (χ3v) is 3.73. The molecule has 0 radical (unpaired) electrons. The van der Waals surface area contributed by atoms with Crippen molar-refractivity contribution in [2.75, 3.05) is 6.79 Å². The molecule has 0 spiro atoms. The van der Waals surface area contributed by atoms with Crippen LogP contribution >= 0.6 is 0 Å². The molecule has 1 aliphatic heterocycles. The summed E-state index contributed by atoms with van der Waals surface area (Å²) < 4.78 is 16.3. The van der Waals surface area contributed by atoms with Gasteiger partial charge in [0.05, 0.1) is 5.92 Å². The van der Waals surface area contributed by atoms with Gasteiger partial charge < -0.3 is 19.9 Å². The minimum atomic E-state index is -0.546. The molecule has 23 heavy (non-hydrogen) atoms. The van der Waals surface area contributed by atoms with Crippen LogP contribution < -0.4 is 15.2 Å². The summed E-state index contributed by atoms with van der Waals surface area (Å²) in [5.41, 5.74) is 6.39. The van der Waals surface area contributed by atoms with Crippen LogP contribution in [-0.2, 0) is 9.53 Å². The second-order valence-electron chi connectivity index (χ2n) is 8.02. The lowest BCUT2D eigenvalue weighted by Gasteiger charge is -2.35. The molecule has 1 aliphatic rings. The maximum absolute atomic E-state index is 12.7. The Labute approximate surface area is 138 Å². The second kappa shape index (κ2) is 6.04. The third-order valence-electron chi connectivity index (χ3n) is 3.73. The lowest BCUT2D eigenvalue weighted by Crippen LogP contribution is -2.41. The molecule has 0 bridgehead atoms. The van der Waals surface area contributed by atoms with Crippen molar-refractivity contribution in [1.29, 1.82) is 0 Å². The van der Waals surface area contributed by atoms with Crippen LogP contribution in [0, 0.1) is 11.3 Å². The summed E-state index contributed by atoms with van der Waals surface area (Å²) in [6.45, 7) is 11.8. The van der Waals surface area contributed by atoms with Crippen LogP contribution in [0.2, 0.25) is 0 Å². The van der Waals surface area contributed by atoms with Gasteiger partial charge in [-0.05, 0) is 43.9 Å². The SMILES string of the molecule is CC(C)(C)OC(=O)[C@H](C(N)c1ccc2c(c1)OCO2)C(C)(C)C. The minimum Gasteiger partial charge on any atom is -0.460 e. The van der Waals surface area contributed by atoms with Crippen LogP contribution in [0.25, 0.3) is 0 Å². The molecule has 0 fully saturated rings. The van der Waals surface area contributed by atoms with Gasteiger partial charge in [0.25, 0.3) is 0 Å². The minimum absolute atomic E-state index is 0.211. The largest absolute Gasteiger partial charge is 0.460 e. The zero-order valence-corrected chi connectivity index (χ0v) is 14.8. The summed E-state index contributed by atoms with van der Waals surface area (Å²) >= 11 is 0. The lowest BCUT2D eigenvalue weighted by atomic mass is 9.74. The zero-order chi connectivity index (χ0) is 17.4. The number of benzene rings is 1. The van der Waals surface area contributed by atoms with Gasteiger partial charge >= 0.3 is 5.97 Å². The van der Waals surface area contributed by atoms with Gasteiger partial charge in [0.1, 0.15) is 5.60 Å². The Hall–Kier alpha value is -1.75. The quantitative estimate of drug-likeness (QED) is 0.864. The first kappa shape index (κ1) is 17.6. The number of hydrogen-bond acceptors (Lipinski definition) is 5. The Balaban J connectivity index is 2.30. The number of fused-ring (bicyclic) bond motifs is 1. The lowest BCUT2D eigenvalue weighted by molar-refractivity contribution is -0.165. The number of ether oxygens (including phenoxy) is 3. The zero-order valence-electron chi connectivity index (χ0n) is 14.8. The van der Waals surface area contributed by atoms with E-state index in [-0.39, 0.29) is 18.2 Å². The van der Waals surface area contributed by atoms with E-state index in [9.17, 15) is 4.79 Å². The average molecular weight is 321 g/mol. The van der Waals surface area contributed by atoms with Crippen molar-refractivity contribution in [3.63, 3.8) is 0 Å². The predicted octanol–water partition coefficient (Wildman–Crippen LogP) is 3.42. The maximum atomic E-state index is 12.7. The standard InChI is InChI=1S/C18H27NO4/c1-17(2,3)14(16(20)23-18(4,5)6)15(19)11-7-8-12-13(9-11)22-10-21-12/h7-9,14-15H,10,19H2,1-6H3/t14-,15?/m0/s1. The van der Waals surface area contributed by atoms with Crippen molar-refractivity contribution in [1.82, 2.24) is 0 Å². The molecule has 2 N–H and O–H groups in total. The van der Waals surface area contributed by atoms with Gasteiger partial charge in [-0.25, -0.2) is 0 Å². The summed E-state index contributed by atoms with van der Waals surface area (Å²) in [6.07, 6.45) is 0. The summed E-state index contributed by atoms with van der Waals surface area (Å²) in [6, 6.07) is 5.06. The van der Waals surface area contributed by atoms with Gasteiger partial charge in [-0.15, -0.1) is 0 Å². The normalized spacial score (nSPS) is 16.8. The summed E-state index contributed by atoms with van der Waals surface area (Å²) in [4.78, 5) is 12.7. The smallest absolute Gasteiger partial charge is 0.311 e. The van der Waals surface area contributed by atoms with Crippen LogP contribution in [0.1, 0.15) is 53.1 Å². The number of rotatable bonds is 3. The van der Waals surface area contributed by atoms with Crippen LogP contribution in [-0.4, -0.2) is 18.4 Å². The molecule has 128 valence electrons. The van der Waals surface area contributed by atoms with Crippen LogP contribution in [0.4, 0.5) is 0 Å². The van der Waals surface area contributed by atoms with Crippen molar-refractivity contribution in [3.8, 4) is 11.5 Å². The van der Waals surface area contributed by atoms with Gasteiger partial charge in [-0.3, -0.25) is 4.79 Å². The molecule has 1 heterocycles. The van der Waals surface area contributed by atoms with Gasteiger partial charge in [-0.1, -0.05) is 26.8 Å². The molecule has 0 saturated carbocycles. The monoisotopic (exact) mass is 321 g/mol.